The van der Waals surface area contributed by atoms with Gasteiger partial charge in [-0.05, 0) is 61.9 Å². The number of rotatable bonds is 4. The number of sulfone groups is 1. The third-order valence-corrected chi connectivity index (χ3v) is 10.2. The number of carbonyl (C=O) groups is 1. The van der Waals surface area contributed by atoms with Crippen LogP contribution in [0.3, 0.4) is 0 Å². The van der Waals surface area contributed by atoms with Gasteiger partial charge in [-0.3, -0.25) is 9.78 Å². The van der Waals surface area contributed by atoms with Gasteiger partial charge in [0, 0.05) is 47.3 Å². The van der Waals surface area contributed by atoms with Crippen LogP contribution in [0.2, 0.25) is 5.02 Å². The van der Waals surface area contributed by atoms with E-state index < -0.39 is 44.0 Å². The highest BCUT2D eigenvalue weighted by Gasteiger charge is 2.53. The van der Waals surface area contributed by atoms with Gasteiger partial charge < -0.3 is 10.4 Å². The molecule has 6 rings (SSSR count). The summed E-state index contributed by atoms with van der Waals surface area (Å²) in [5.41, 5.74) is -1.10. The van der Waals surface area contributed by atoms with Gasteiger partial charge in [0.05, 0.1) is 15.2 Å². The summed E-state index contributed by atoms with van der Waals surface area (Å²) in [7, 11) is -4.04. The fourth-order valence-electron chi connectivity index (χ4n) is 5.43. The van der Waals surface area contributed by atoms with Crippen LogP contribution in [-0.4, -0.2) is 35.3 Å². The average Bonchev–Trinajstić information content (AvgIpc) is 2.91. The van der Waals surface area contributed by atoms with Crippen molar-refractivity contribution in [1.82, 2.24) is 4.98 Å². The molecule has 202 valence electrons. The van der Waals surface area contributed by atoms with Crippen LogP contribution in [0, 0.1) is 41.1 Å². The third kappa shape index (κ3) is 5.26. The lowest BCUT2D eigenvalue weighted by molar-refractivity contribution is -0.0506. The molecule has 3 saturated carbocycles. The van der Waals surface area contributed by atoms with Gasteiger partial charge in [-0.25, -0.2) is 21.6 Å². The first-order valence-electron chi connectivity index (χ1n) is 12.1. The molecule has 0 saturated heterocycles. The first-order valence-corrected chi connectivity index (χ1v) is 14.1. The number of aromatic nitrogens is 1. The maximum Gasteiger partial charge on any atom is 0.255 e. The Bertz CT molecular complexity index is 1600. The predicted molar refractivity (Wildman–Crippen MR) is 138 cm³/mol. The van der Waals surface area contributed by atoms with Crippen LogP contribution in [-0.2, 0) is 9.84 Å². The number of amides is 1. The van der Waals surface area contributed by atoms with Crippen molar-refractivity contribution in [3.05, 3.63) is 88.5 Å². The molecule has 39 heavy (non-hydrogen) atoms. The quantitative estimate of drug-likeness (QED) is 0.332. The van der Waals surface area contributed by atoms with Crippen molar-refractivity contribution in [2.24, 2.45) is 11.8 Å². The van der Waals surface area contributed by atoms with Crippen molar-refractivity contribution >= 4 is 33.0 Å². The highest BCUT2D eigenvalue weighted by Crippen LogP contribution is 2.51. The number of anilines is 1. The molecule has 6 nitrogen and oxygen atoms in total. The summed E-state index contributed by atoms with van der Waals surface area (Å²) >= 11 is 6.27. The number of hydrogen-bond acceptors (Lipinski definition) is 5. The molecule has 3 aromatic rings. The van der Waals surface area contributed by atoms with Crippen LogP contribution in [0.4, 0.5) is 18.9 Å². The third-order valence-electron chi connectivity index (χ3n) is 7.42. The van der Waals surface area contributed by atoms with Crippen molar-refractivity contribution in [3.63, 3.8) is 0 Å². The Morgan fingerprint density at radius 2 is 1.77 bits per heavy atom. The lowest BCUT2D eigenvalue weighted by Gasteiger charge is -2.49. The standard InChI is InChI=1S/C28H22ClF3N2O4S/c29-21-4-2-17(27(35)34-20-13-22(30)26(32)23(31)14-20)11-25(21)39(37,38)24-12-19-3-1-18(24)15-28(19,36)8-5-16-6-9-33-10-7-16/h2,4,6-7,9-11,13-14,18-19,24,36H,1,3,12,15H2,(H,34,35)/t18?,19?,24-,28+/m0/s1. The van der Waals surface area contributed by atoms with Crippen molar-refractivity contribution in [2.75, 3.05) is 5.32 Å². The van der Waals surface area contributed by atoms with Crippen LogP contribution in [0.5, 0.6) is 0 Å². The van der Waals surface area contributed by atoms with Crippen molar-refractivity contribution in [2.45, 2.75) is 41.4 Å². The second kappa shape index (κ2) is 10.3. The number of halogens is 4. The molecule has 1 heterocycles. The molecule has 4 atom stereocenters. The lowest BCUT2D eigenvalue weighted by Crippen LogP contribution is -2.54. The molecular formula is C28H22ClF3N2O4S. The monoisotopic (exact) mass is 574 g/mol. The molecule has 3 aliphatic carbocycles. The molecule has 2 unspecified atom stereocenters. The van der Waals surface area contributed by atoms with Gasteiger partial charge >= 0.3 is 0 Å². The zero-order valence-electron chi connectivity index (χ0n) is 20.3. The molecule has 1 aromatic heterocycles. The number of carbonyl (C=O) groups excluding carboxylic acids is 1. The smallest absolute Gasteiger partial charge is 0.255 e. The maximum atomic E-state index is 13.8. The van der Waals surface area contributed by atoms with Gasteiger partial charge in [0.15, 0.2) is 27.3 Å². The number of nitrogens with one attached hydrogen (secondary N) is 1. The largest absolute Gasteiger partial charge is 0.377 e. The van der Waals surface area contributed by atoms with Crippen molar-refractivity contribution in [3.8, 4) is 11.8 Å². The van der Waals surface area contributed by atoms with Crippen LogP contribution < -0.4 is 5.32 Å². The number of aliphatic hydroxyl groups is 1. The molecule has 3 aliphatic rings. The number of hydrogen-bond donors (Lipinski definition) is 2. The molecule has 0 aliphatic heterocycles. The van der Waals surface area contributed by atoms with Gasteiger partial charge in [-0.1, -0.05) is 23.4 Å². The minimum atomic E-state index is -4.04. The summed E-state index contributed by atoms with van der Waals surface area (Å²) in [4.78, 5) is 16.4. The normalized spacial score (nSPS) is 24.1. The van der Waals surface area contributed by atoms with E-state index in [1.54, 1.807) is 24.5 Å². The predicted octanol–water partition coefficient (Wildman–Crippen LogP) is 5.15. The second-order valence-electron chi connectivity index (χ2n) is 9.82. The Hall–Kier alpha value is -3.39. The van der Waals surface area contributed by atoms with E-state index in [2.05, 4.69) is 22.1 Å². The van der Waals surface area contributed by atoms with Crippen LogP contribution in [0.25, 0.3) is 0 Å². The summed E-state index contributed by atoms with van der Waals surface area (Å²) in [6, 6.07) is 8.31. The molecule has 2 aromatic carbocycles. The van der Waals surface area contributed by atoms with E-state index >= 15 is 0 Å². The highest BCUT2D eigenvalue weighted by molar-refractivity contribution is 7.92. The first-order chi connectivity index (χ1) is 18.5. The number of fused-ring (bicyclic) bond motifs is 3. The molecule has 11 heteroatoms. The number of nitrogens with zero attached hydrogens (tertiary/aromatic N) is 1. The van der Waals surface area contributed by atoms with Crippen LogP contribution in [0.15, 0.2) is 59.8 Å². The average molecular weight is 575 g/mol. The van der Waals surface area contributed by atoms with Crippen LogP contribution >= 0.6 is 11.6 Å². The van der Waals surface area contributed by atoms with E-state index in [9.17, 15) is 31.5 Å². The fourth-order valence-corrected chi connectivity index (χ4v) is 8.05. The van der Waals surface area contributed by atoms with Gasteiger partial charge in [-0.2, -0.15) is 0 Å². The minimum absolute atomic E-state index is 0.0837. The zero-order valence-corrected chi connectivity index (χ0v) is 21.9. The summed E-state index contributed by atoms with van der Waals surface area (Å²) in [6.45, 7) is 0. The summed E-state index contributed by atoms with van der Waals surface area (Å²) < 4.78 is 67.9. The Kier molecular flexibility index (Phi) is 7.18. The second-order valence-corrected chi connectivity index (χ2v) is 12.4. The van der Waals surface area contributed by atoms with Gasteiger partial charge in [0.25, 0.3) is 5.91 Å². The lowest BCUT2D eigenvalue weighted by atomic mass is 9.62. The molecular weight excluding hydrogens is 553 g/mol. The van der Waals surface area contributed by atoms with Crippen molar-refractivity contribution in [1.29, 1.82) is 0 Å². The number of benzene rings is 2. The molecule has 0 spiro atoms. The highest BCUT2D eigenvalue weighted by atomic mass is 35.5. The Labute approximate surface area is 228 Å². The van der Waals surface area contributed by atoms with E-state index in [-0.39, 0.29) is 45.8 Å². The Morgan fingerprint density at radius 1 is 1.08 bits per heavy atom. The summed E-state index contributed by atoms with van der Waals surface area (Å²) in [6.07, 6.45) is 4.76. The Balaban J connectivity index is 1.38. The van der Waals surface area contributed by atoms with E-state index in [4.69, 9.17) is 11.6 Å². The zero-order chi connectivity index (χ0) is 27.9. The molecule has 3 fully saturated rings. The van der Waals surface area contributed by atoms with E-state index in [1.165, 1.54) is 12.1 Å². The topological polar surface area (TPSA) is 96.4 Å². The minimum Gasteiger partial charge on any atom is -0.377 e. The first kappa shape index (κ1) is 27.2. The summed E-state index contributed by atoms with van der Waals surface area (Å²) in [5.74, 6) is -0.339. The van der Waals surface area contributed by atoms with Crippen LogP contribution in [0.1, 0.15) is 41.6 Å². The molecule has 1 amide bonds. The maximum absolute atomic E-state index is 13.8. The summed E-state index contributed by atoms with van der Waals surface area (Å²) in [5, 5.41) is 12.6. The van der Waals surface area contributed by atoms with Gasteiger partial charge in [-0.15, -0.1) is 0 Å². The van der Waals surface area contributed by atoms with E-state index in [0.29, 0.717) is 30.5 Å². The van der Waals surface area contributed by atoms with E-state index in [1.807, 2.05) is 0 Å². The molecule has 2 bridgehead atoms. The number of pyridine rings is 1. The molecule has 2 N–H and O–H groups in total. The fraction of sp³-hybridized carbons (Fsp3) is 0.286. The SMILES string of the molecule is O=C(Nc1cc(F)c(F)c(F)c1)c1ccc(Cl)c(S(=O)(=O)[C@H]2CC3CCC2C[C@]3(O)C#Cc2ccncc2)c1. The van der Waals surface area contributed by atoms with Crippen molar-refractivity contribution < 1.29 is 31.5 Å². The van der Waals surface area contributed by atoms with Gasteiger partial charge in [0.1, 0.15) is 5.60 Å². The molecule has 0 radical (unpaired) electrons. The van der Waals surface area contributed by atoms with E-state index in [0.717, 1.165) is 6.07 Å². The Morgan fingerprint density at radius 3 is 2.41 bits per heavy atom. The van der Waals surface area contributed by atoms with Gasteiger partial charge in [0.2, 0.25) is 0 Å².